The second kappa shape index (κ2) is 11.6. The van der Waals surface area contributed by atoms with Crippen molar-refractivity contribution in [1.82, 2.24) is 0 Å². The Kier molecular flexibility index (Phi) is 7.13. The summed E-state index contributed by atoms with van der Waals surface area (Å²) < 4.78 is 21.9. The summed E-state index contributed by atoms with van der Waals surface area (Å²) in [5.41, 5.74) is -14.7. The van der Waals surface area contributed by atoms with E-state index >= 15 is 0 Å². The summed E-state index contributed by atoms with van der Waals surface area (Å²) in [4.78, 5) is 56.8. The maximum absolute atomic E-state index is 14.3. The van der Waals surface area contributed by atoms with Crippen LogP contribution in [0.15, 0.2) is 110 Å². The van der Waals surface area contributed by atoms with Crippen LogP contribution in [-0.4, -0.2) is 40.9 Å². The first kappa shape index (κ1) is 33.3. The number of aromatic hydroxyl groups is 8. The fraction of sp³-hybridized carbons (Fsp3) is 0.0526. The quantitative estimate of drug-likeness (QED) is 0.114. The average Bonchev–Trinajstić information content (AvgIpc) is 3.09. The Morgan fingerprint density at radius 3 is 0.981 bits per heavy atom. The Labute approximate surface area is 296 Å². The molecule has 0 bridgehead atoms. The van der Waals surface area contributed by atoms with Crippen molar-refractivity contribution in [2.75, 3.05) is 0 Å². The van der Waals surface area contributed by atoms with Crippen LogP contribution in [0.4, 0.5) is 0 Å². The van der Waals surface area contributed by atoms with Crippen molar-refractivity contribution in [2.24, 2.45) is 0 Å². The number of fused-ring (bicyclic) bond motifs is 4. The third kappa shape index (κ3) is 4.77. The molecule has 0 saturated carbocycles. The Bertz CT molecular complexity index is 2910. The second-order valence-electron chi connectivity index (χ2n) is 12.4. The fourth-order valence-corrected chi connectivity index (χ4v) is 6.92. The molecule has 16 nitrogen and oxygen atoms in total. The number of phenolic OH excluding ortho intramolecular Hbond substituents is 4. The van der Waals surface area contributed by atoms with Crippen LogP contribution in [0.3, 0.4) is 0 Å². The number of hydrogen-bond donors (Lipinski definition) is 8. The number of phenols is 4. The van der Waals surface area contributed by atoms with Crippen LogP contribution in [0.1, 0.15) is 22.3 Å². The summed E-state index contributed by atoms with van der Waals surface area (Å²) in [7, 11) is 0. The number of rotatable bonds is 5. The lowest BCUT2D eigenvalue weighted by Crippen LogP contribution is -2.44. The molecule has 4 aromatic carbocycles. The molecule has 0 radical (unpaired) electrons. The summed E-state index contributed by atoms with van der Waals surface area (Å²) in [6, 6.07) is 12.8. The second-order valence-corrected chi connectivity index (χ2v) is 12.4. The van der Waals surface area contributed by atoms with Gasteiger partial charge in [0.25, 0.3) is 0 Å². The molecule has 0 aliphatic rings. The third-order valence-corrected chi connectivity index (χ3v) is 9.27. The summed E-state index contributed by atoms with van der Waals surface area (Å²) >= 11 is 0. The van der Waals surface area contributed by atoms with Gasteiger partial charge in [0.2, 0.25) is 0 Å². The highest BCUT2D eigenvalue weighted by Crippen LogP contribution is 2.52. The van der Waals surface area contributed by atoms with E-state index in [-0.39, 0.29) is 32.9 Å². The van der Waals surface area contributed by atoms with E-state index in [1.165, 1.54) is 0 Å². The van der Waals surface area contributed by atoms with E-state index < -0.39 is 114 Å². The summed E-state index contributed by atoms with van der Waals surface area (Å²) in [6.07, 6.45) is -1.27. The van der Waals surface area contributed by atoms with Gasteiger partial charge >= 0.3 is 22.5 Å². The molecule has 4 heterocycles. The van der Waals surface area contributed by atoms with Crippen molar-refractivity contribution >= 4 is 43.9 Å². The van der Waals surface area contributed by atoms with Crippen LogP contribution in [0, 0.1) is 0 Å². The topological polar surface area (TPSA) is 283 Å². The van der Waals surface area contributed by atoms with Gasteiger partial charge in [0, 0.05) is 30.7 Å². The van der Waals surface area contributed by atoms with E-state index in [4.69, 9.17) is 17.7 Å². The normalized spacial score (nSPS) is 11.9. The lowest BCUT2D eigenvalue weighted by atomic mass is 9.65. The highest BCUT2D eigenvalue weighted by atomic mass is 16.4. The zero-order chi connectivity index (χ0) is 38.4. The predicted molar refractivity (Wildman–Crippen MR) is 187 cm³/mol. The van der Waals surface area contributed by atoms with Gasteiger partial charge in [-0.2, -0.15) is 0 Å². The lowest BCUT2D eigenvalue weighted by Gasteiger charge is -2.34. The molecule has 8 rings (SSSR count). The Morgan fingerprint density at radius 1 is 0.389 bits per heavy atom. The molecule has 0 amide bonds. The smallest absolute Gasteiger partial charge is 0.344 e. The monoisotopic (exact) mass is 734 g/mol. The molecule has 0 aliphatic heterocycles. The van der Waals surface area contributed by atoms with Gasteiger partial charge in [-0.25, -0.2) is 19.2 Å². The highest BCUT2D eigenvalue weighted by Gasteiger charge is 2.52. The summed E-state index contributed by atoms with van der Waals surface area (Å²) in [6.45, 7) is 0. The molecule has 0 spiro atoms. The predicted octanol–water partition coefficient (Wildman–Crippen LogP) is 4.33. The van der Waals surface area contributed by atoms with Crippen molar-refractivity contribution in [3.63, 3.8) is 0 Å². The zero-order valence-electron chi connectivity index (χ0n) is 27.0. The summed E-state index contributed by atoms with van der Waals surface area (Å²) in [5.74, 6) is -5.58. The van der Waals surface area contributed by atoms with E-state index in [9.17, 15) is 60.0 Å². The Balaban J connectivity index is 1.66. The maximum Gasteiger partial charge on any atom is 0.344 e. The molecule has 0 fully saturated rings. The van der Waals surface area contributed by atoms with E-state index in [1.54, 1.807) is 0 Å². The minimum absolute atomic E-state index is 0.197. The minimum atomic E-state index is -3.14. The van der Waals surface area contributed by atoms with E-state index in [0.717, 1.165) is 72.8 Å². The molecule has 4 aromatic heterocycles. The highest BCUT2D eigenvalue weighted by molar-refractivity contribution is 5.92. The van der Waals surface area contributed by atoms with Crippen LogP contribution >= 0.6 is 0 Å². The first-order valence-electron chi connectivity index (χ1n) is 15.6. The molecular formula is C38H22O16. The van der Waals surface area contributed by atoms with Crippen molar-refractivity contribution in [3.8, 4) is 46.0 Å². The molecule has 8 N–H and O–H groups in total. The molecular weight excluding hydrogens is 712 g/mol. The molecule has 54 heavy (non-hydrogen) atoms. The fourth-order valence-electron chi connectivity index (χ4n) is 6.92. The van der Waals surface area contributed by atoms with E-state index in [2.05, 4.69) is 0 Å². The van der Waals surface area contributed by atoms with Crippen molar-refractivity contribution < 1.29 is 58.5 Å². The van der Waals surface area contributed by atoms with Gasteiger partial charge in [-0.3, -0.25) is 0 Å². The maximum atomic E-state index is 14.3. The van der Waals surface area contributed by atoms with Crippen LogP contribution in [0.5, 0.6) is 46.0 Å². The molecule has 16 heteroatoms. The van der Waals surface area contributed by atoms with Gasteiger partial charge in [0.15, 0.2) is 0 Å². The largest absolute Gasteiger partial charge is 0.508 e. The Hall–Kier alpha value is -7.88. The average molecular weight is 735 g/mol. The zero-order valence-corrected chi connectivity index (χ0v) is 27.0. The van der Waals surface area contributed by atoms with Crippen LogP contribution in [-0.2, 0) is 11.8 Å². The van der Waals surface area contributed by atoms with Crippen molar-refractivity contribution in [2.45, 2.75) is 11.8 Å². The molecule has 270 valence electrons. The molecule has 0 aliphatic carbocycles. The molecule has 8 aromatic rings. The lowest BCUT2D eigenvalue weighted by molar-refractivity contribution is 0.377. The standard InChI is InChI=1S/C38H22O16/c39-14-1-5-18-23(9-14)51-34(47)22(30(18)43)13-38(27-31(44)19-6-2-15(40)10-24(19)52-35(27)48,28-32(45)20-7-3-16(41)11-25(20)53-36(28)49)29-33(46)21-8-4-17(42)12-26(21)54-37(29)50/h1-12,39-46H,13H2. The SMILES string of the molecule is O=c1oc2cc(O)ccc2c(O)c1CC(c1c(O)c2ccc(O)cc2oc1=O)(c1c(O)c2ccc(O)cc2oc1=O)c1c(O)c2ccc(O)cc2oc1=O. The van der Waals surface area contributed by atoms with E-state index in [1.807, 2.05) is 0 Å². The van der Waals surface area contributed by atoms with Gasteiger partial charge in [-0.15, -0.1) is 0 Å². The van der Waals surface area contributed by atoms with Gasteiger partial charge in [-0.1, -0.05) is 0 Å². The van der Waals surface area contributed by atoms with Crippen LogP contribution in [0.25, 0.3) is 43.9 Å². The van der Waals surface area contributed by atoms with E-state index in [0.29, 0.717) is 0 Å². The Morgan fingerprint density at radius 2 is 0.667 bits per heavy atom. The van der Waals surface area contributed by atoms with Gasteiger partial charge in [0.05, 0.1) is 49.2 Å². The number of benzene rings is 4. The van der Waals surface area contributed by atoms with Gasteiger partial charge in [-0.05, 0) is 48.5 Å². The molecule has 0 atom stereocenters. The van der Waals surface area contributed by atoms with Gasteiger partial charge in [0.1, 0.15) is 68.3 Å². The first-order valence-corrected chi connectivity index (χ1v) is 15.6. The summed E-state index contributed by atoms with van der Waals surface area (Å²) in [5, 5.41) is 86.9. The first-order chi connectivity index (χ1) is 25.7. The molecule has 0 unspecified atom stereocenters. The van der Waals surface area contributed by atoms with Gasteiger partial charge < -0.3 is 58.5 Å². The number of hydrogen-bond acceptors (Lipinski definition) is 16. The molecule has 0 saturated heterocycles. The van der Waals surface area contributed by atoms with Crippen LogP contribution < -0.4 is 22.5 Å². The van der Waals surface area contributed by atoms with Crippen LogP contribution in [0.2, 0.25) is 0 Å². The third-order valence-electron chi connectivity index (χ3n) is 9.27. The van der Waals surface area contributed by atoms with Crippen molar-refractivity contribution in [3.05, 3.63) is 137 Å². The van der Waals surface area contributed by atoms with Crippen molar-refractivity contribution in [1.29, 1.82) is 0 Å². The minimum Gasteiger partial charge on any atom is -0.508 e.